The van der Waals surface area contributed by atoms with Crippen LogP contribution in [-0.4, -0.2) is 94.2 Å². The van der Waals surface area contributed by atoms with Crippen LogP contribution in [0.15, 0.2) is 24.3 Å². The first-order chi connectivity index (χ1) is 19.3. The van der Waals surface area contributed by atoms with Crippen LogP contribution < -0.4 is 0 Å². The summed E-state index contributed by atoms with van der Waals surface area (Å²) in [6, 6.07) is 5.14. The van der Waals surface area contributed by atoms with Crippen LogP contribution in [-0.2, 0) is 19.0 Å². The number of aliphatic hydroxyl groups is 2. The second kappa shape index (κ2) is 10.5. The van der Waals surface area contributed by atoms with Gasteiger partial charge in [0.2, 0.25) is 5.78 Å². The average molecular weight is 570 g/mol. The molecule has 0 aromatic heterocycles. The van der Waals surface area contributed by atoms with Gasteiger partial charge >= 0.3 is 5.97 Å². The zero-order chi connectivity index (χ0) is 30.0. The van der Waals surface area contributed by atoms with E-state index in [2.05, 4.69) is 0 Å². The third-order valence-electron chi connectivity index (χ3n) is 8.77. The van der Waals surface area contributed by atoms with Crippen molar-refractivity contribution in [2.24, 2.45) is 0 Å². The number of hydrogen-bond donors (Lipinski definition) is 4. The Bertz CT molecular complexity index is 1420. The molecule has 2 aromatic carbocycles. The van der Waals surface area contributed by atoms with E-state index in [0.717, 1.165) is 0 Å². The number of likely N-dealkylation sites (N-methyl/N-ethyl adjacent to an activating group) is 1. The van der Waals surface area contributed by atoms with Crippen molar-refractivity contribution < 1.29 is 49.0 Å². The van der Waals surface area contributed by atoms with E-state index in [1.165, 1.54) is 31.4 Å². The maximum Gasteiger partial charge on any atom is 0.316 e. The third kappa shape index (κ3) is 4.52. The number of carbonyl (C=O) groups is 3. The highest BCUT2D eigenvalue weighted by molar-refractivity contribution is 6.30. The van der Waals surface area contributed by atoms with Crippen molar-refractivity contribution in [2.45, 2.75) is 75.3 Å². The molecule has 0 saturated carbocycles. The molecule has 0 radical (unpaired) electrons. The second-order valence-corrected chi connectivity index (χ2v) is 11.3. The van der Waals surface area contributed by atoms with Gasteiger partial charge in [-0.25, -0.2) is 0 Å². The second-order valence-electron chi connectivity index (χ2n) is 11.3. The number of phenolic OH excluding ortho intramolecular Hbond substituents is 2. The molecule has 1 saturated heterocycles. The Morgan fingerprint density at radius 1 is 1.15 bits per heavy atom. The maximum atomic E-state index is 13.6. The lowest BCUT2D eigenvalue weighted by molar-refractivity contribution is -0.258. The number of ether oxygens (including phenoxy) is 3. The van der Waals surface area contributed by atoms with E-state index in [9.17, 15) is 34.8 Å². The lowest BCUT2D eigenvalue weighted by Crippen LogP contribution is -2.54. The Morgan fingerprint density at radius 2 is 1.85 bits per heavy atom. The van der Waals surface area contributed by atoms with Gasteiger partial charge < -0.3 is 39.5 Å². The Labute approximate surface area is 237 Å². The number of fused-ring (bicyclic) bond motifs is 3. The molecule has 0 spiro atoms. The van der Waals surface area contributed by atoms with Crippen LogP contribution in [0.4, 0.5) is 0 Å². The first-order valence-corrected chi connectivity index (χ1v) is 13.6. The average Bonchev–Trinajstić information content (AvgIpc) is 2.92. The molecule has 1 heterocycles. The van der Waals surface area contributed by atoms with Crippen molar-refractivity contribution in [3.63, 3.8) is 0 Å². The number of nitrogens with zero attached hydrogens (tertiary/aromatic N) is 1. The van der Waals surface area contributed by atoms with Crippen LogP contribution in [0.2, 0.25) is 0 Å². The van der Waals surface area contributed by atoms with E-state index >= 15 is 0 Å². The van der Waals surface area contributed by atoms with E-state index in [-0.39, 0.29) is 58.7 Å². The zero-order valence-electron chi connectivity index (χ0n) is 23.6. The van der Waals surface area contributed by atoms with Crippen molar-refractivity contribution in [3.8, 4) is 11.5 Å². The standard InChI is InChI=1S/C30H35NO10/c1-6-30(38)12-19(41-20-11-17(31(3)4)25(33)13(2)40-20)22-15(24(30)29(37)39-5)10-16-23(28(22)36)27(35)21-14(26(16)34)8-7-9-18(21)32/h7-10,13,17,19-20,24-25,32-33,36,38H,6,11-12H2,1-5H3/t13-,17-,19-,20+,24+,25+,30-/m0/s1. The minimum Gasteiger partial charge on any atom is -0.507 e. The molecular weight excluding hydrogens is 534 g/mol. The molecular formula is C30H35NO10. The summed E-state index contributed by atoms with van der Waals surface area (Å²) < 4.78 is 17.3. The molecule has 2 aliphatic carbocycles. The molecule has 1 fully saturated rings. The summed E-state index contributed by atoms with van der Waals surface area (Å²) in [5.74, 6) is -4.42. The summed E-state index contributed by atoms with van der Waals surface area (Å²) in [4.78, 5) is 42.1. The fraction of sp³-hybridized carbons (Fsp3) is 0.500. The first-order valence-electron chi connectivity index (χ1n) is 13.6. The van der Waals surface area contributed by atoms with Gasteiger partial charge in [0.25, 0.3) is 0 Å². The van der Waals surface area contributed by atoms with E-state index < -0.39 is 65.2 Å². The lowest BCUT2D eigenvalue weighted by Gasteiger charge is -2.46. The van der Waals surface area contributed by atoms with Crippen LogP contribution in [0.5, 0.6) is 11.5 Å². The van der Waals surface area contributed by atoms with E-state index in [1.54, 1.807) is 13.8 Å². The molecule has 1 aliphatic heterocycles. The highest BCUT2D eigenvalue weighted by Gasteiger charge is 2.53. The quantitative estimate of drug-likeness (QED) is 0.333. The van der Waals surface area contributed by atoms with Gasteiger partial charge in [0.1, 0.15) is 17.4 Å². The largest absolute Gasteiger partial charge is 0.507 e. The molecule has 5 rings (SSSR count). The zero-order valence-corrected chi connectivity index (χ0v) is 23.6. The minimum absolute atomic E-state index is 0.0382. The summed E-state index contributed by atoms with van der Waals surface area (Å²) in [5, 5.41) is 44.5. The molecule has 11 nitrogen and oxygen atoms in total. The van der Waals surface area contributed by atoms with Crippen molar-refractivity contribution in [1.82, 2.24) is 4.90 Å². The number of rotatable bonds is 5. The maximum absolute atomic E-state index is 13.6. The first kappa shape index (κ1) is 29.2. The number of methoxy groups -OCH3 is 1. The fourth-order valence-corrected chi connectivity index (χ4v) is 6.50. The molecule has 0 unspecified atom stereocenters. The van der Waals surface area contributed by atoms with Crippen LogP contribution in [0.3, 0.4) is 0 Å². The number of aliphatic hydroxyl groups excluding tert-OH is 1. The van der Waals surface area contributed by atoms with Gasteiger partial charge in [-0.3, -0.25) is 14.4 Å². The summed E-state index contributed by atoms with van der Waals surface area (Å²) in [6.45, 7) is 3.41. The number of ketones is 2. The number of hydrogen-bond acceptors (Lipinski definition) is 11. The molecule has 0 bridgehead atoms. The Morgan fingerprint density at radius 3 is 2.49 bits per heavy atom. The van der Waals surface area contributed by atoms with Gasteiger partial charge in [-0.15, -0.1) is 0 Å². The lowest BCUT2D eigenvalue weighted by atomic mass is 9.67. The van der Waals surface area contributed by atoms with Crippen molar-refractivity contribution in [1.29, 1.82) is 0 Å². The molecule has 0 amide bonds. The summed E-state index contributed by atoms with van der Waals surface area (Å²) in [7, 11) is 4.82. The highest BCUT2D eigenvalue weighted by Crippen LogP contribution is 2.54. The molecule has 41 heavy (non-hydrogen) atoms. The molecule has 7 atom stereocenters. The number of esters is 1. The van der Waals surface area contributed by atoms with Gasteiger partial charge in [-0.2, -0.15) is 0 Å². The van der Waals surface area contributed by atoms with Gasteiger partial charge in [-0.05, 0) is 45.1 Å². The topological polar surface area (TPSA) is 163 Å². The Balaban J connectivity index is 1.69. The number of benzene rings is 2. The van der Waals surface area contributed by atoms with Gasteiger partial charge in [0.05, 0.1) is 42.1 Å². The normalized spacial score (nSPS) is 30.9. The van der Waals surface area contributed by atoms with Gasteiger partial charge in [0.15, 0.2) is 12.1 Å². The Hall–Kier alpha value is -3.35. The fourth-order valence-electron chi connectivity index (χ4n) is 6.50. The molecule has 2 aromatic rings. The van der Waals surface area contributed by atoms with Gasteiger partial charge in [-0.1, -0.05) is 19.1 Å². The number of carbonyl (C=O) groups excluding carboxylic acids is 3. The summed E-state index contributed by atoms with van der Waals surface area (Å²) >= 11 is 0. The molecule has 3 aliphatic rings. The number of phenols is 2. The van der Waals surface area contributed by atoms with Crippen molar-refractivity contribution in [3.05, 3.63) is 57.6 Å². The van der Waals surface area contributed by atoms with Gasteiger partial charge in [0, 0.05) is 35.6 Å². The monoisotopic (exact) mass is 569 g/mol. The van der Waals surface area contributed by atoms with Crippen molar-refractivity contribution in [2.75, 3.05) is 21.2 Å². The smallest absolute Gasteiger partial charge is 0.316 e. The molecule has 220 valence electrons. The highest BCUT2D eigenvalue weighted by atomic mass is 16.7. The number of aromatic hydroxyl groups is 2. The van der Waals surface area contributed by atoms with Crippen LogP contribution in [0.1, 0.15) is 88.1 Å². The Kier molecular flexibility index (Phi) is 7.46. The molecule has 11 heteroatoms. The van der Waals surface area contributed by atoms with Crippen LogP contribution in [0, 0.1) is 0 Å². The van der Waals surface area contributed by atoms with Crippen molar-refractivity contribution >= 4 is 17.5 Å². The van der Waals surface area contributed by atoms with Crippen LogP contribution >= 0.6 is 0 Å². The SMILES string of the molecule is CC[C@]1(O)C[C@H](O[C@@H]2C[C@H](N(C)C)[C@H](O)[C@H](C)O2)c2c(cc3c(c2O)C(=O)c2c(O)cccc2C3=O)[C@@H]1C(=O)OC. The summed E-state index contributed by atoms with van der Waals surface area (Å²) in [6.07, 6.45) is -3.09. The minimum atomic E-state index is -1.69. The predicted octanol–water partition coefficient (Wildman–Crippen LogP) is 2.16. The van der Waals surface area contributed by atoms with E-state index in [4.69, 9.17) is 14.2 Å². The van der Waals surface area contributed by atoms with Crippen LogP contribution in [0.25, 0.3) is 0 Å². The van der Waals surface area contributed by atoms with E-state index in [1.807, 2.05) is 19.0 Å². The third-order valence-corrected chi connectivity index (χ3v) is 8.77. The predicted molar refractivity (Wildman–Crippen MR) is 144 cm³/mol. The van der Waals surface area contributed by atoms with E-state index in [0.29, 0.717) is 0 Å². The molecule has 4 N–H and O–H groups in total. The summed E-state index contributed by atoms with van der Waals surface area (Å²) in [5.41, 5.74) is -2.27.